The van der Waals surface area contributed by atoms with Crippen LogP contribution in [-0.4, -0.2) is 44.5 Å². The summed E-state index contributed by atoms with van der Waals surface area (Å²) in [6, 6.07) is 18.7. The highest BCUT2D eigenvalue weighted by Gasteiger charge is 2.21. The Morgan fingerprint density at radius 2 is 1.82 bits per heavy atom. The fraction of sp³-hybridized carbons (Fsp3) is 0.174. The molecule has 3 heterocycles. The van der Waals surface area contributed by atoms with Crippen molar-refractivity contribution in [2.24, 2.45) is 4.99 Å². The maximum Gasteiger partial charge on any atom is 0.325 e. The molecule has 0 saturated carbocycles. The minimum absolute atomic E-state index is 0.263. The molecular formula is C23H21N7O2S. The summed E-state index contributed by atoms with van der Waals surface area (Å²) >= 11 is 1.56. The van der Waals surface area contributed by atoms with Gasteiger partial charge in [-0.05, 0) is 30.7 Å². The molecule has 4 aromatic rings. The number of amides is 2. The molecular weight excluding hydrogens is 438 g/mol. The van der Waals surface area contributed by atoms with Gasteiger partial charge in [0.05, 0.1) is 6.54 Å². The first-order chi connectivity index (χ1) is 16.2. The Balaban J connectivity index is 1.13. The number of fused-ring (bicyclic) bond motifs is 1. The number of oxazole rings is 1. The van der Waals surface area contributed by atoms with Gasteiger partial charge >= 0.3 is 6.03 Å². The molecule has 9 nitrogen and oxygen atoms in total. The maximum absolute atomic E-state index is 12.1. The first kappa shape index (κ1) is 21.0. The number of para-hydroxylation sites is 1. The summed E-state index contributed by atoms with van der Waals surface area (Å²) in [7, 11) is 0. The zero-order valence-electron chi connectivity index (χ0n) is 17.6. The van der Waals surface area contributed by atoms with Crippen molar-refractivity contribution >= 4 is 45.7 Å². The van der Waals surface area contributed by atoms with Crippen LogP contribution in [0, 0.1) is 0 Å². The van der Waals surface area contributed by atoms with E-state index in [1.165, 1.54) is 6.33 Å². The lowest BCUT2D eigenvalue weighted by Gasteiger charge is -2.10. The van der Waals surface area contributed by atoms with Gasteiger partial charge in [0.1, 0.15) is 6.33 Å². The predicted molar refractivity (Wildman–Crippen MR) is 130 cm³/mol. The summed E-state index contributed by atoms with van der Waals surface area (Å²) in [5.74, 6) is 1.15. The molecule has 0 bridgehead atoms. The lowest BCUT2D eigenvalue weighted by Crippen LogP contribution is -2.32. The van der Waals surface area contributed by atoms with Crippen LogP contribution < -0.4 is 16.0 Å². The van der Waals surface area contributed by atoms with Crippen molar-refractivity contribution in [3.8, 4) is 11.5 Å². The quantitative estimate of drug-likeness (QED) is 0.392. The van der Waals surface area contributed by atoms with E-state index in [4.69, 9.17) is 4.42 Å². The molecule has 0 aliphatic carbocycles. The number of urea groups is 1. The Hall–Kier alpha value is -3.92. The van der Waals surface area contributed by atoms with Gasteiger partial charge in [0.15, 0.2) is 16.5 Å². The zero-order valence-corrected chi connectivity index (χ0v) is 18.4. The number of thioether (sulfide) groups is 1. The Morgan fingerprint density at radius 3 is 2.64 bits per heavy atom. The van der Waals surface area contributed by atoms with Crippen LogP contribution in [0.15, 0.2) is 76.4 Å². The lowest BCUT2D eigenvalue weighted by molar-refractivity contribution is 0.256. The molecule has 1 atom stereocenters. The van der Waals surface area contributed by atoms with Crippen LogP contribution in [0.2, 0.25) is 0 Å². The van der Waals surface area contributed by atoms with Crippen molar-refractivity contribution in [2.75, 3.05) is 23.7 Å². The van der Waals surface area contributed by atoms with Gasteiger partial charge in [0, 0.05) is 23.0 Å². The highest BCUT2D eigenvalue weighted by Crippen LogP contribution is 2.27. The highest BCUT2D eigenvalue weighted by atomic mass is 32.2. The third-order valence-electron chi connectivity index (χ3n) is 4.94. The van der Waals surface area contributed by atoms with Crippen molar-refractivity contribution in [1.29, 1.82) is 0 Å². The van der Waals surface area contributed by atoms with Gasteiger partial charge in [-0.1, -0.05) is 48.2 Å². The molecule has 33 heavy (non-hydrogen) atoms. The molecule has 2 aromatic carbocycles. The van der Waals surface area contributed by atoms with Crippen LogP contribution in [0.1, 0.15) is 6.42 Å². The normalized spacial score (nSPS) is 15.3. The Labute approximate surface area is 194 Å². The standard InChI is InChI=1S/C23H21N7O2S/c31-22(28-16-9-5-2-6-10-16)30-23-25-13-17(33-23)11-12-24-19-18-21(27-14-26-19)32-20(29-18)15-7-3-1-4-8-15/h1-10,14,17H,11-13H2,(H,24,26,27)(H2,25,28,30,31). The van der Waals surface area contributed by atoms with E-state index in [1.807, 2.05) is 60.7 Å². The number of nitrogens with one attached hydrogen (secondary N) is 3. The number of rotatable bonds is 6. The molecule has 2 amide bonds. The molecule has 5 rings (SSSR count). The van der Waals surface area contributed by atoms with E-state index in [2.05, 4.69) is 35.9 Å². The van der Waals surface area contributed by atoms with Gasteiger partial charge in [-0.3, -0.25) is 10.3 Å². The molecule has 0 radical (unpaired) electrons. The number of anilines is 2. The fourth-order valence-corrected chi connectivity index (χ4v) is 4.36. The first-order valence-corrected chi connectivity index (χ1v) is 11.4. The van der Waals surface area contributed by atoms with Gasteiger partial charge in [-0.25, -0.2) is 14.8 Å². The second-order valence-electron chi connectivity index (χ2n) is 7.31. The van der Waals surface area contributed by atoms with Crippen LogP contribution in [0.3, 0.4) is 0 Å². The van der Waals surface area contributed by atoms with Crippen molar-refractivity contribution in [3.63, 3.8) is 0 Å². The number of carbonyl (C=O) groups excluding carboxylic acids is 1. The maximum atomic E-state index is 12.1. The molecule has 2 aromatic heterocycles. The van der Waals surface area contributed by atoms with Crippen molar-refractivity contribution < 1.29 is 9.21 Å². The Kier molecular flexibility index (Phi) is 6.16. The van der Waals surface area contributed by atoms with Gasteiger partial charge in [0.2, 0.25) is 5.89 Å². The molecule has 0 saturated heterocycles. The number of hydrogen-bond acceptors (Lipinski definition) is 8. The highest BCUT2D eigenvalue weighted by molar-refractivity contribution is 8.14. The van der Waals surface area contributed by atoms with Crippen molar-refractivity contribution in [1.82, 2.24) is 20.3 Å². The molecule has 0 fully saturated rings. The number of carbonyl (C=O) groups is 1. The second-order valence-corrected chi connectivity index (χ2v) is 8.60. The van der Waals surface area contributed by atoms with E-state index in [1.54, 1.807) is 11.8 Å². The monoisotopic (exact) mass is 459 g/mol. The van der Waals surface area contributed by atoms with Gasteiger partial charge < -0.3 is 15.1 Å². The van der Waals surface area contributed by atoms with Crippen LogP contribution >= 0.6 is 11.8 Å². The van der Waals surface area contributed by atoms with Crippen molar-refractivity contribution in [2.45, 2.75) is 11.7 Å². The predicted octanol–water partition coefficient (Wildman–Crippen LogP) is 4.38. The van der Waals surface area contributed by atoms with E-state index in [-0.39, 0.29) is 11.3 Å². The smallest absolute Gasteiger partial charge is 0.325 e. The molecule has 1 aliphatic rings. The third kappa shape index (κ3) is 5.12. The Bertz CT molecular complexity index is 1280. The topological polar surface area (TPSA) is 117 Å². The van der Waals surface area contributed by atoms with Gasteiger partial charge in [-0.15, -0.1) is 0 Å². The van der Waals surface area contributed by atoms with E-state index < -0.39 is 0 Å². The van der Waals surface area contributed by atoms with Crippen LogP contribution in [0.25, 0.3) is 22.7 Å². The van der Waals surface area contributed by atoms with Gasteiger partial charge in [-0.2, -0.15) is 4.98 Å². The minimum atomic E-state index is -0.296. The van der Waals surface area contributed by atoms with E-state index in [0.717, 1.165) is 17.7 Å². The van der Waals surface area contributed by atoms with Crippen LogP contribution in [0.5, 0.6) is 0 Å². The summed E-state index contributed by atoms with van der Waals surface area (Å²) in [4.78, 5) is 29.7. The number of aliphatic imine (C=N–C) groups is 1. The van der Waals surface area contributed by atoms with E-state index in [0.29, 0.717) is 41.2 Å². The number of nitrogens with zero attached hydrogens (tertiary/aromatic N) is 4. The van der Waals surface area contributed by atoms with Crippen LogP contribution in [-0.2, 0) is 0 Å². The van der Waals surface area contributed by atoms with Crippen molar-refractivity contribution in [3.05, 3.63) is 67.0 Å². The van der Waals surface area contributed by atoms with E-state index in [9.17, 15) is 4.79 Å². The summed E-state index contributed by atoms with van der Waals surface area (Å²) < 4.78 is 5.80. The number of hydrogen-bond donors (Lipinski definition) is 3. The SMILES string of the molecule is O=C(NC1=NCC(CCNc2ncnc3oc(-c4ccccc4)nc23)S1)Nc1ccccc1. The van der Waals surface area contributed by atoms with E-state index >= 15 is 0 Å². The van der Waals surface area contributed by atoms with Crippen LogP contribution in [0.4, 0.5) is 16.3 Å². The molecule has 1 unspecified atom stereocenters. The third-order valence-corrected chi connectivity index (χ3v) is 6.12. The largest absolute Gasteiger partial charge is 0.417 e. The number of aromatic nitrogens is 3. The molecule has 10 heteroatoms. The summed E-state index contributed by atoms with van der Waals surface area (Å²) in [5.41, 5.74) is 2.67. The number of amidine groups is 1. The molecule has 166 valence electrons. The summed E-state index contributed by atoms with van der Waals surface area (Å²) in [6.45, 7) is 1.32. The lowest BCUT2D eigenvalue weighted by atomic mass is 10.2. The minimum Gasteiger partial charge on any atom is -0.417 e. The molecule has 0 spiro atoms. The zero-order chi connectivity index (χ0) is 22.5. The van der Waals surface area contributed by atoms with Gasteiger partial charge in [0.25, 0.3) is 5.71 Å². The fourth-order valence-electron chi connectivity index (χ4n) is 3.36. The first-order valence-electron chi connectivity index (χ1n) is 10.5. The molecule has 1 aliphatic heterocycles. The second kappa shape index (κ2) is 9.70. The summed E-state index contributed by atoms with van der Waals surface area (Å²) in [5, 5.41) is 9.82. The summed E-state index contributed by atoms with van der Waals surface area (Å²) in [6.07, 6.45) is 2.31. The number of benzene rings is 2. The Morgan fingerprint density at radius 1 is 1.03 bits per heavy atom. The average molecular weight is 460 g/mol. The average Bonchev–Trinajstić information content (AvgIpc) is 3.48. The molecule has 3 N–H and O–H groups in total.